The predicted octanol–water partition coefficient (Wildman–Crippen LogP) is 4.26. The van der Waals surface area contributed by atoms with Gasteiger partial charge in [0.2, 0.25) is 0 Å². The molecule has 100 valence electrons. The molecule has 3 nitrogen and oxygen atoms in total. The molecule has 5 heteroatoms. The van der Waals surface area contributed by atoms with Crippen LogP contribution in [0.4, 0.5) is 0 Å². The molecule has 0 aliphatic heterocycles. The van der Waals surface area contributed by atoms with Crippen molar-refractivity contribution >= 4 is 27.3 Å². The molecule has 0 aliphatic carbocycles. The van der Waals surface area contributed by atoms with Crippen LogP contribution in [0.3, 0.4) is 0 Å². The van der Waals surface area contributed by atoms with E-state index in [2.05, 4.69) is 48.4 Å². The van der Waals surface area contributed by atoms with Crippen molar-refractivity contribution in [2.24, 2.45) is 0 Å². The van der Waals surface area contributed by atoms with E-state index in [1.807, 2.05) is 31.2 Å². The number of thiazole rings is 1. The number of aromatic nitrogens is 3. The summed E-state index contributed by atoms with van der Waals surface area (Å²) in [5.41, 5.74) is 3.16. The Morgan fingerprint density at radius 1 is 1.10 bits per heavy atom. The Hall–Kier alpha value is -1.59. The minimum Gasteiger partial charge on any atom is -0.241 e. The monoisotopic (exact) mass is 345 g/mol. The lowest BCUT2D eigenvalue weighted by Crippen LogP contribution is -1.97. The molecule has 0 spiro atoms. The first-order valence-electron chi connectivity index (χ1n) is 6.20. The van der Waals surface area contributed by atoms with E-state index in [1.165, 1.54) is 0 Å². The molecule has 0 saturated carbocycles. The van der Waals surface area contributed by atoms with Gasteiger partial charge in [0.05, 0.1) is 16.4 Å². The van der Waals surface area contributed by atoms with E-state index < -0.39 is 0 Å². The van der Waals surface area contributed by atoms with E-state index in [0.717, 1.165) is 38.8 Å². The molecule has 0 amide bonds. The average Bonchev–Trinajstić information content (AvgIpc) is 2.87. The Labute approximate surface area is 129 Å². The molecule has 0 aliphatic rings. The smallest absolute Gasteiger partial charge is 0.126 e. The molecule has 0 bridgehead atoms. The molecule has 3 rings (SSSR count). The number of benzene rings is 1. The molecule has 2 heterocycles. The SMILES string of the molecule is Cc1nc(Br)cc(Cc2nc(-c3ccccc3)cs2)n1. The van der Waals surface area contributed by atoms with Gasteiger partial charge in [0.1, 0.15) is 10.4 Å². The fraction of sp³-hybridized carbons (Fsp3) is 0.133. The highest BCUT2D eigenvalue weighted by atomic mass is 79.9. The minimum atomic E-state index is 0.736. The summed E-state index contributed by atoms with van der Waals surface area (Å²) in [4.78, 5) is 13.3. The van der Waals surface area contributed by atoms with Crippen molar-refractivity contribution in [3.8, 4) is 11.3 Å². The number of nitrogens with zero attached hydrogens (tertiary/aromatic N) is 3. The highest BCUT2D eigenvalue weighted by Gasteiger charge is 2.07. The summed E-state index contributed by atoms with van der Waals surface area (Å²) in [7, 11) is 0. The topological polar surface area (TPSA) is 38.7 Å². The fourth-order valence-corrected chi connectivity index (χ4v) is 3.31. The third-order valence-corrected chi connectivity index (χ3v) is 4.07. The van der Waals surface area contributed by atoms with Crippen LogP contribution >= 0.6 is 27.3 Å². The molecule has 0 N–H and O–H groups in total. The standard InChI is InChI=1S/C15H12BrN3S/c1-10-17-12(7-14(16)18-10)8-15-19-13(9-20-15)11-5-3-2-4-6-11/h2-7,9H,8H2,1H3. The molecule has 0 saturated heterocycles. The Balaban J connectivity index is 1.84. The largest absolute Gasteiger partial charge is 0.241 e. The number of halogens is 1. The third kappa shape index (κ3) is 3.11. The zero-order valence-electron chi connectivity index (χ0n) is 10.9. The van der Waals surface area contributed by atoms with Crippen molar-refractivity contribution in [1.82, 2.24) is 15.0 Å². The second-order valence-corrected chi connectivity index (χ2v) is 6.15. The van der Waals surface area contributed by atoms with E-state index in [-0.39, 0.29) is 0 Å². The second-order valence-electron chi connectivity index (χ2n) is 4.40. The van der Waals surface area contributed by atoms with Crippen LogP contribution in [-0.2, 0) is 6.42 Å². The number of rotatable bonds is 3. The van der Waals surface area contributed by atoms with E-state index in [9.17, 15) is 0 Å². The van der Waals surface area contributed by atoms with Gasteiger partial charge in [0, 0.05) is 17.4 Å². The van der Waals surface area contributed by atoms with Crippen LogP contribution < -0.4 is 0 Å². The summed E-state index contributed by atoms with van der Waals surface area (Å²) in [6.45, 7) is 1.89. The lowest BCUT2D eigenvalue weighted by molar-refractivity contribution is 0.949. The van der Waals surface area contributed by atoms with Gasteiger partial charge in [0.15, 0.2) is 0 Å². The van der Waals surface area contributed by atoms with Gasteiger partial charge >= 0.3 is 0 Å². The molecule has 0 fully saturated rings. The molecule has 0 atom stereocenters. The zero-order valence-corrected chi connectivity index (χ0v) is 13.3. The number of hydrogen-bond donors (Lipinski definition) is 0. The van der Waals surface area contributed by atoms with Crippen molar-refractivity contribution < 1.29 is 0 Å². The van der Waals surface area contributed by atoms with Crippen molar-refractivity contribution in [2.75, 3.05) is 0 Å². The minimum absolute atomic E-state index is 0.736. The maximum atomic E-state index is 4.68. The van der Waals surface area contributed by atoms with Crippen LogP contribution in [0, 0.1) is 6.92 Å². The average molecular weight is 346 g/mol. The Morgan fingerprint density at radius 2 is 1.90 bits per heavy atom. The molecular formula is C15H12BrN3S. The van der Waals surface area contributed by atoms with Crippen LogP contribution in [0.5, 0.6) is 0 Å². The highest BCUT2D eigenvalue weighted by molar-refractivity contribution is 9.10. The predicted molar refractivity (Wildman–Crippen MR) is 84.8 cm³/mol. The maximum Gasteiger partial charge on any atom is 0.126 e. The van der Waals surface area contributed by atoms with E-state index in [0.29, 0.717) is 0 Å². The van der Waals surface area contributed by atoms with Crippen LogP contribution in [0.15, 0.2) is 46.4 Å². The Morgan fingerprint density at radius 3 is 2.65 bits per heavy atom. The van der Waals surface area contributed by atoms with Gasteiger partial charge in [-0.25, -0.2) is 15.0 Å². The van der Waals surface area contributed by atoms with Crippen LogP contribution in [0.2, 0.25) is 0 Å². The highest BCUT2D eigenvalue weighted by Crippen LogP contribution is 2.23. The maximum absolute atomic E-state index is 4.68. The summed E-state index contributed by atoms with van der Waals surface area (Å²) in [6.07, 6.45) is 0.736. The first kappa shape index (κ1) is 13.4. The molecule has 1 aromatic carbocycles. The van der Waals surface area contributed by atoms with E-state index in [4.69, 9.17) is 0 Å². The Bertz CT molecular complexity index is 705. The lowest BCUT2D eigenvalue weighted by atomic mass is 10.2. The van der Waals surface area contributed by atoms with Gasteiger partial charge in [-0.3, -0.25) is 0 Å². The molecule has 20 heavy (non-hydrogen) atoms. The van der Waals surface area contributed by atoms with Crippen LogP contribution in [0.25, 0.3) is 11.3 Å². The third-order valence-electron chi connectivity index (χ3n) is 2.81. The van der Waals surface area contributed by atoms with Gasteiger partial charge < -0.3 is 0 Å². The van der Waals surface area contributed by atoms with Crippen molar-refractivity contribution in [3.05, 3.63) is 62.9 Å². The summed E-state index contributed by atoms with van der Waals surface area (Å²) >= 11 is 5.06. The normalized spacial score (nSPS) is 10.7. The number of aryl methyl sites for hydroxylation is 1. The van der Waals surface area contributed by atoms with Crippen molar-refractivity contribution in [1.29, 1.82) is 0 Å². The van der Waals surface area contributed by atoms with Gasteiger partial charge in [0.25, 0.3) is 0 Å². The Kier molecular flexibility index (Phi) is 3.89. The summed E-state index contributed by atoms with van der Waals surface area (Å²) in [5, 5.41) is 3.15. The summed E-state index contributed by atoms with van der Waals surface area (Å²) in [5.74, 6) is 0.772. The van der Waals surface area contributed by atoms with Crippen molar-refractivity contribution in [2.45, 2.75) is 13.3 Å². The molecule has 0 radical (unpaired) electrons. The van der Waals surface area contributed by atoms with Gasteiger partial charge in [-0.1, -0.05) is 30.3 Å². The van der Waals surface area contributed by atoms with E-state index >= 15 is 0 Å². The first-order valence-corrected chi connectivity index (χ1v) is 7.88. The second kappa shape index (κ2) is 5.81. The quantitative estimate of drug-likeness (QED) is 0.665. The number of hydrogen-bond acceptors (Lipinski definition) is 4. The molecule has 3 aromatic rings. The molecule has 0 unspecified atom stereocenters. The van der Waals surface area contributed by atoms with Gasteiger partial charge in [-0.2, -0.15) is 0 Å². The fourth-order valence-electron chi connectivity index (χ4n) is 1.97. The summed E-state index contributed by atoms with van der Waals surface area (Å²) < 4.78 is 0.819. The van der Waals surface area contributed by atoms with Gasteiger partial charge in [-0.05, 0) is 28.9 Å². The summed E-state index contributed by atoms with van der Waals surface area (Å²) in [6, 6.07) is 12.2. The molecular weight excluding hydrogens is 334 g/mol. The van der Waals surface area contributed by atoms with Crippen LogP contribution in [0.1, 0.15) is 16.5 Å². The lowest BCUT2D eigenvalue weighted by Gasteiger charge is -2.00. The van der Waals surface area contributed by atoms with E-state index in [1.54, 1.807) is 11.3 Å². The van der Waals surface area contributed by atoms with Crippen LogP contribution in [-0.4, -0.2) is 15.0 Å². The zero-order chi connectivity index (χ0) is 13.9. The van der Waals surface area contributed by atoms with Gasteiger partial charge in [-0.15, -0.1) is 11.3 Å². The van der Waals surface area contributed by atoms with Crippen molar-refractivity contribution in [3.63, 3.8) is 0 Å². The molecule has 2 aromatic heterocycles. The first-order chi connectivity index (χ1) is 9.70.